The molecule has 0 saturated carbocycles. The van der Waals surface area contributed by atoms with Gasteiger partial charge in [-0.2, -0.15) is 8.42 Å². The van der Waals surface area contributed by atoms with Crippen molar-refractivity contribution in [3.8, 4) is 11.8 Å². The number of aliphatic hydroxyl groups excluding tert-OH is 1. The number of rotatable bonds is 14. The largest absolute Gasteiger partial charge is 0.380 e. The summed E-state index contributed by atoms with van der Waals surface area (Å²) in [6, 6.07) is 0. The molecular formula is C19H36O4S. The summed E-state index contributed by atoms with van der Waals surface area (Å²) in [5.74, 6) is 6.36. The molecule has 0 rings (SSSR count). The molecule has 0 fully saturated rings. The Morgan fingerprint density at radius 2 is 1.29 bits per heavy atom. The van der Waals surface area contributed by atoms with Crippen molar-refractivity contribution in [3.05, 3.63) is 0 Å². The van der Waals surface area contributed by atoms with Gasteiger partial charge in [0.15, 0.2) is 0 Å². The molecule has 0 aromatic carbocycles. The van der Waals surface area contributed by atoms with Crippen LogP contribution in [0.3, 0.4) is 0 Å². The van der Waals surface area contributed by atoms with Crippen LogP contribution < -0.4 is 0 Å². The second-order valence-corrected chi connectivity index (χ2v) is 8.61. The maximum absolute atomic E-state index is 10.5. The van der Waals surface area contributed by atoms with E-state index in [0.29, 0.717) is 12.3 Å². The summed E-state index contributed by atoms with van der Waals surface area (Å²) in [5.41, 5.74) is 0. The van der Waals surface area contributed by atoms with E-state index in [-0.39, 0.29) is 5.75 Å². The minimum absolute atomic E-state index is 0.107. The molecule has 0 aliphatic rings. The third-order valence-electron chi connectivity index (χ3n) is 3.92. The first kappa shape index (κ1) is 23.4. The predicted molar refractivity (Wildman–Crippen MR) is 100 cm³/mol. The van der Waals surface area contributed by atoms with Gasteiger partial charge in [-0.05, 0) is 25.2 Å². The Morgan fingerprint density at radius 3 is 1.75 bits per heavy atom. The fourth-order valence-corrected chi connectivity index (χ4v) is 3.18. The van der Waals surface area contributed by atoms with Gasteiger partial charge in [-0.25, -0.2) is 0 Å². The van der Waals surface area contributed by atoms with Gasteiger partial charge < -0.3 is 5.11 Å². The van der Waals surface area contributed by atoms with Crippen LogP contribution in [0, 0.1) is 17.8 Å². The van der Waals surface area contributed by atoms with E-state index in [1.807, 2.05) is 0 Å². The van der Waals surface area contributed by atoms with Crippen molar-refractivity contribution < 1.29 is 18.1 Å². The molecule has 0 spiro atoms. The van der Waals surface area contributed by atoms with Gasteiger partial charge in [0.25, 0.3) is 10.1 Å². The summed E-state index contributed by atoms with van der Waals surface area (Å²) in [5, 5.41) is 9.62. The summed E-state index contributed by atoms with van der Waals surface area (Å²) in [6.07, 6.45) is 12.0. The zero-order valence-electron chi connectivity index (χ0n) is 15.5. The summed E-state index contributed by atoms with van der Waals surface area (Å²) in [7, 11) is -3.77. The Bertz CT molecular complexity index is 446. The van der Waals surface area contributed by atoms with Crippen LogP contribution in [0.4, 0.5) is 0 Å². The molecule has 4 nitrogen and oxygen atoms in total. The van der Waals surface area contributed by atoms with E-state index in [4.69, 9.17) is 4.55 Å². The highest BCUT2D eigenvalue weighted by molar-refractivity contribution is 7.85. The van der Waals surface area contributed by atoms with E-state index in [1.54, 1.807) is 0 Å². The predicted octanol–water partition coefficient (Wildman–Crippen LogP) is 4.58. The Hall–Kier alpha value is -0.570. The molecular weight excluding hydrogens is 324 g/mol. The van der Waals surface area contributed by atoms with Crippen molar-refractivity contribution >= 4 is 10.1 Å². The molecule has 5 heteroatoms. The molecule has 24 heavy (non-hydrogen) atoms. The van der Waals surface area contributed by atoms with E-state index in [2.05, 4.69) is 25.7 Å². The Balaban J connectivity index is 3.27. The summed E-state index contributed by atoms with van der Waals surface area (Å²) in [4.78, 5) is 0. The van der Waals surface area contributed by atoms with E-state index in [0.717, 1.165) is 38.5 Å². The Labute approximate surface area is 149 Å². The molecule has 0 radical (unpaired) electrons. The molecule has 2 N–H and O–H groups in total. The lowest BCUT2D eigenvalue weighted by atomic mass is 10.1. The van der Waals surface area contributed by atoms with Gasteiger partial charge in [0, 0.05) is 6.42 Å². The van der Waals surface area contributed by atoms with Crippen molar-refractivity contribution in [2.45, 2.75) is 97.0 Å². The molecule has 0 aliphatic carbocycles. The summed E-state index contributed by atoms with van der Waals surface area (Å²) >= 11 is 0. The lowest BCUT2D eigenvalue weighted by Gasteiger charge is -2.05. The Kier molecular flexibility index (Phi) is 14.4. The zero-order chi connectivity index (χ0) is 18.3. The van der Waals surface area contributed by atoms with E-state index in [1.165, 1.54) is 32.1 Å². The molecule has 142 valence electrons. The molecule has 0 aromatic heterocycles. The van der Waals surface area contributed by atoms with Gasteiger partial charge in [-0.1, -0.05) is 71.1 Å². The third-order valence-corrected chi connectivity index (χ3v) is 4.72. The number of hydrogen-bond donors (Lipinski definition) is 2. The highest BCUT2D eigenvalue weighted by Gasteiger charge is 2.03. The van der Waals surface area contributed by atoms with Gasteiger partial charge in [-0.15, -0.1) is 5.92 Å². The molecule has 0 saturated heterocycles. The van der Waals surface area contributed by atoms with Crippen molar-refractivity contribution in [1.82, 2.24) is 0 Å². The standard InChI is InChI=1S/C19H36O4S/c1-18(2)17-19(20)15-13-11-9-7-5-3-4-6-8-10-12-14-16-24(21,22)23/h18-20H,3-12,14,16-17H2,1-2H3,(H,21,22,23). The monoisotopic (exact) mass is 360 g/mol. The lowest BCUT2D eigenvalue weighted by Crippen LogP contribution is -2.06. The highest BCUT2D eigenvalue weighted by atomic mass is 32.2. The fraction of sp³-hybridized carbons (Fsp3) is 0.895. The van der Waals surface area contributed by atoms with Crippen molar-refractivity contribution in [2.75, 3.05) is 5.75 Å². The first-order valence-corrected chi connectivity index (χ1v) is 11.0. The Morgan fingerprint density at radius 1 is 0.833 bits per heavy atom. The van der Waals surface area contributed by atoms with E-state index >= 15 is 0 Å². The van der Waals surface area contributed by atoms with Crippen LogP contribution in [-0.2, 0) is 10.1 Å². The summed E-state index contributed by atoms with van der Waals surface area (Å²) < 4.78 is 29.7. The van der Waals surface area contributed by atoms with Crippen LogP contribution in [-0.4, -0.2) is 29.9 Å². The van der Waals surface area contributed by atoms with Gasteiger partial charge in [0.1, 0.15) is 6.10 Å². The molecule has 0 aromatic rings. The number of aliphatic hydroxyl groups is 1. The molecule has 0 amide bonds. The smallest absolute Gasteiger partial charge is 0.264 e. The number of hydrogen-bond acceptors (Lipinski definition) is 3. The van der Waals surface area contributed by atoms with E-state index < -0.39 is 16.2 Å². The van der Waals surface area contributed by atoms with Crippen LogP contribution >= 0.6 is 0 Å². The third kappa shape index (κ3) is 19.5. The van der Waals surface area contributed by atoms with Crippen LogP contribution in [0.15, 0.2) is 0 Å². The average Bonchev–Trinajstić information content (AvgIpc) is 2.45. The summed E-state index contributed by atoms with van der Waals surface area (Å²) in [6.45, 7) is 4.18. The molecule has 1 atom stereocenters. The zero-order valence-corrected chi connectivity index (χ0v) is 16.3. The maximum Gasteiger partial charge on any atom is 0.264 e. The van der Waals surface area contributed by atoms with Crippen molar-refractivity contribution in [2.24, 2.45) is 5.92 Å². The minimum atomic E-state index is -3.77. The van der Waals surface area contributed by atoms with Crippen LogP contribution in [0.2, 0.25) is 0 Å². The van der Waals surface area contributed by atoms with Gasteiger partial charge in [-0.3, -0.25) is 4.55 Å². The van der Waals surface area contributed by atoms with Crippen molar-refractivity contribution in [1.29, 1.82) is 0 Å². The minimum Gasteiger partial charge on any atom is -0.380 e. The van der Waals surface area contributed by atoms with E-state index in [9.17, 15) is 13.5 Å². The highest BCUT2D eigenvalue weighted by Crippen LogP contribution is 2.11. The van der Waals surface area contributed by atoms with Crippen LogP contribution in [0.1, 0.15) is 90.9 Å². The molecule has 1 unspecified atom stereocenters. The topological polar surface area (TPSA) is 74.6 Å². The fourth-order valence-electron chi connectivity index (χ4n) is 2.61. The number of unbranched alkanes of at least 4 members (excludes halogenated alkanes) is 10. The van der Waals surface area contributed by atoms with Gasteiger partial charge >= 0.3 is 0 Å². The second kappa shape index (κ2) is 14.7. The van der Waals surface area contributed by atoms with Gasteiger partial charge in [0.05, 0.1) is 5.75 Å². The van der Waals surface area contributed by atoms with Crippen LogP contribution in [0.5, 0.6) is 0 Å². The lowest BCUT2D eigenvalue weighted by molar-refractivity contribution is 0.204. The van der Waals surface area contributed by atoms with Gasteiger partial charge in [0.2, 0.25) is 0 Å². The first-order chi connectivity index (χ1) is 11.3. The maximum atomic E-state index is 10.5. The molecule has 0 aliphatic heterocycles. The molecule has 0 heterocycles. The SMILES string of the molecule is CC(C)CC(O)C#CCCCCCCCCCCCCS(=O)(=O)O. The normalized spacial score (nSPS) is 12.9. The molecule has 0 bridgehead atoms. The average molecular weight is 361 g/mol. The van der Waals surface area contributed by atoms with Crippen LogP contribution in [0.25, 0.3) is 0 Å². The first-order valence-electron chi connectivity index (χ1n) is 9.43. The second-order valence-electron chi connectivity index (χ2n) is 7.04. The quantitative estimate of drug-likeness (QED) is 0.270. The van der Waals surface area contributed by atoms with Crippen molar-refractivity contribution in [3.63, 3.8) is 0 Å².